The van der Waals surface area contributed by atoms with Crippen molar-refractivity contribution in [2.45, 2.75) is 18.4 Å². The number of rotatable bonds is 6. The van der Waals surface area contributed by atoms with Gasteiger partial charge in [-0.1, -0.05) is 12.1 Å². The van der Waals surface area contributed by atoms with Gasteiger partial charge >= 0.3 is 0 Å². The smallest absolute Gasteiger partial charge is 0.238 e. The van der Waals surface area contributed by atoms with Gasteiger partial charge in [-0.2, -0.15) is 10.1 Å². The minimum absolute atomic E-state index is 0.0707. The van der Waals surface area contributed by atoms with E-state index in [9.17, 15) is 8.42 Å². The van der Waals surface area contributed by atoms with Crippen molar-refractivity contribution in [2.24, 2.45) is 12.2 Å². The molecule has 0 aliphatic carbocycles. The standard InChI is InChI=1S/C21H23N7O2S/c1-14-18-8-7-16(12-19(18)26-28(14)3)27(2)20-9-10-23-21(25-20)24-13-15-5-4-6-17(11-15)31(22,29)30/h4-12H,13H2,1-3H3,(H2,22,29,30)(H,23,24,25). The fourth-order valence-corrected chi connectivity index (χ4v) is 3.88. The van der Waals surface area contributed by atoms with Crippen LogP contribution in [0.1, 0.15) is 11.3 Å². The Bertz CT molecular complexity index is 1370. The zero-order chi connectivity index (χ0) is 22.2. The van der Waals surface area contributed by atoms with Crippen molar-refractivity contribution in [3.63, 3.8) is 0 Å². The molecule has 0 saturated heterocycles. The zero-order valence-electron chi connectivity index (χ0n) is 17.4. The van der Waals surface area contributed by atoms with Crippen LogP contribution in [0.4, 0.5) is 17.5 Å². The number of anilines is 3. The van der Waals surface area contributed by atoms with Crippen LogP contribution in [0.5, 0.6) is 0 Å². The van der Waals surface area contributed by atoms with Crippen molar-refractivity contribution < 1.29 is 8.42 Å². The Labute approximate surface area is 180 Å². The fourth-order valence-electron chi connectivity index (χ4n) is 3.30. The summed E-state index contributed by atoms with van der Waals surface area (Å²) in [7, 11) is 0.113. The van der Waals surface area contributed by atoms with E-state index in [2.05, 4.69) is 26.4 Å². The van der Waals surface area contributed by atoms with Gasteiger partial charge < -0.3 is 10.2 Å². The molecule has 160 valence electrons. The van der Waals surface area contributed by atoms with Gasteiger partial charge in [-0.25, -0.2) is 18.5 Å². The first kappa shape index (κ1) is 20.8. The van der Waals surface area contributed by atoms with Crippen LogP contribution in [0.25, 0.3) is 10.9 Å². The quantitative estimate of drug-likeness (QED) is 0.476. The molecule has 3 N–H and O–H groups in total. The highest BCUT2D eigenvalue weighted by Gasteiger charge is 2.12. The summed E-state index contributed by atoms with van der Waals surface area (Å²) in [6, 6.07) is 14.4. The van der Waals surface area contributed by atoms with Gasteiger partial charge in [0.2, 0.25) is 16.0 Å². The lowest BCUT2D eigenvalue weighted by Crippen LogP contribution is -2.14. The molecule has 2 aromatic carbocycles. The number of nitrogens with one attached hydrogen (secondary N) is 1. The van der Waals surface area contributed by atoms with E-state index in [1.807, 2.05) is 54.9 Å². The van der Waals surface area contributed by atoms with E-state index in [4.69, 9.17) is 5.14 Å². The molecule has 0 radical (unpaired) electrons. The van der Waals surface area contributed by atoms with Crippen LogP contribution in [-0.2, 0) is 23.6 Å². The number of nitrogens with zero attached hydrogens (tertiary/aromatic N) is 5. The Balaban J connectivity index is 1.53. The summed E-state index contributed by atoms with van der Waals surface area (Å²) in [5, 5.41) is 14.0. The molecule has 0 amide bonds. The first-order valence-electron chi connectivity index (χ1n) is 9.58. The number of nitrogens with two attached hydrogens (primary N) is 1. The Hall–Kier alpha value is -3.50. The number of fused-ring (bicyclic) bond motifs is 1. The second-order valence-corrected chi connectivity index (χ2v) is 8.82. The highest BCUT2D eigenvalue weighted by Crippen LogP contribution is 2.27. The van der Waals surface area contributed by atoms with Crippen LogP contribution in [0.3, 0.4) is 0 Å². The molecule has 0 bridgehead atoms. The molecule has 4 rings (SSSR count). The first-order valence-corrected chi connectivity index (χ1v) is 11.1. The summed E-state index contributed by atoms with van der Waals surface area (Å²) in [5.41, 5.74) is 3.75. The van der Waals surface area contributed by atoms with Gasteiger partial charge in [0.1, 0.15) is 5.82 Å². The molecule has 0 aliphatic rings. The SMILES string of the molecule is Cc1c2ccc(N(C)c3ccnc(NCc4cccc(S(N)(=O)=O)c4)n3)cc2nn1C. The van der Waals surface area contributed by atoms with Crippen LogP contribution < -0.4 is 15.4 Å². The van der Waals surface area contributed by atoms with Crippen molar-refractivity contribution in [2.75, 3.05) is 17.3 Å². The lowest BCUT2D eigenvalue weighted by molar-refractivity contribution is 0.597. The second-order valence-electron chi connectivity index (χ2n) is 7.25. The van der Waals surface area contributed by atoms with E-state index >= 15 is 0 Å². The molecule has 0 spiro atoms. The number of aryl methyl sites for hydroxylation is 2. The third kappa shape index (κ3) is 4.35. The van der Waals surface area contributed by atoms with E-state index < -0.39 is 10.0 Å². The molecule has 0 aliphatic heterocycles. The summed E-state index contributed by atoms with van der Waals surface area (Å²) < 4.78 is 24.9. The highest BCUT2D eigenvalue weighted by atomic mass is 32.2. The van der Waals surface area contributed by atoms with Crippen molar-refractivity contribution in [3.05, 3.63) is 66.0 Å². The topological polar surface area (TPSA) is 119 Å². The van der Waals surface area contributed by atoms with Crippen molar-refractivity contribution in [1.82, 2.24) is 19.7 Å². The molecule has 9 nitrogen and oxygen atoms in total. The molecule has 2 heterocycles. The molecule has 2 aromatic heterocycles. The van der Waals surface area contributed by atoms with Crippen LogP contribution >= 0.6 is 0 Å². The third-order valence-corrected chi connectivity index (χ3v) is 6.07. The first-order chi connectivity index (χ1) is 14.7. The minimum Gasteiger partial charge on any atom is -0.350 e. The Morgan fingerprint density at radius 1 is 1.16 bits per heavy atom. The van der Waals surface area contributed by atoms with Crippen molar-refractivity contribution >= 4 is 38.4 Å². The maximum atomic E-state index is 11.5. The summed E-state index contributed by atoms with van der Waals surface area (Å²) in [6.07, 6.45) is 1.67. The van der Waals surface area contributed by atoms with Gasteiger partial charge in [-0.3, -0.25) is 4.68 Å². The van der Waals surface area contributed by atoms with E-state index in [0.717, 1.165) is 27.8 Å². The number of aromatic nitrogens is 4. The van der Waals surface area contributed by atoms with Crippen molar-refractivity contribution in [1.29, 1.82) is 0 Å². The van der Waals surface area contributed by atoms with E-state index in [-0.39, 0.29) is 4.90 Å². The maximum absolute atomic E-state index is 11.5. The summed E-state index contributed by atoms with van der Waals surface area (Å²) in [6.45, 7) is 2.40. The van der Waals surface area contributed by atoms with Gasteiger partial charge in [0, 0.05) is 43.6 Å². The summed E-state index contributed by atoms with van der Waals surface area (Å²) in [5.74, 6) is 1.14. The second kappa shape index (κ2) is 7.97. The number of primary sulfonamides is 1. The molecular formula is C21H23N7O2S. The van der Waals surface area contributed by atoms with Gasteiger partial charge in [-0.05, 0) is 48.9 Å². The average Bonchev–Trinajstić information content (AvgIpc) is 3.04. The number of benzene rings is 2. The third-order valence-electron chi connectivity index (χ3n) is 5.16. The molecule has 0 saturated carbocycles. The van der Waals surface area contributed by atoms with E-state index in [0.29, 0.717) is 18.3 Å². The number of hydrogen-bond acceptors (Lipinski definition) is 7. The summed E-state index contributed by atoms with van der Waals surface area (Å²) >= 11 is 0. The zero-order valence-corrected chi connectivity index (χ0v) is 18.3. The normalized spacial score (nSPS) is 11.6. The number of hydrogen-bond donors (Lipinski definition) is 2. The van der Waals surface area contributed by atoms with Gasteiger partial charge in [0.25, 0.3) is 0 Å². The summed E-state index contributed by atoms with van der Waals surface area (Å²) in [4.78, 5) is 10.9. The van der Waals surface area contributed by atoms with Crippen LogP contribution in [-0.4, -0.2) is 35.2 Å². The molecule has 0 atom stereocenters. The van der Waals surface area contributed by atoms with Gasteiger partial charge in [-0.15, -0.1) is 0 Å². The van der Waals surface area contributed by atoms with E-state index in [1.54, 1.807) is 12.3 Å². The van der Waals surface area contributed by atoms with Crippen LogP contribution in [0, 0.1) is 6.92 Å². The molecule has 10 heteroatoms. The maximum Gasteiger partial charge on any atom is 0.238 e. The molecule has 31 heavy (non-hydrogen) atoms. The predicted molar refractivity (Wildman–Crippen MR) is 121 cm³/mol. The van der Waals surface area contributed by atoms with Gasteiger partial charge in [0.15, 0.2) is 0 Å². The largest absolute Gasteiger partial charge is 0.350 e. The van der Waals surface area contributed by atoms with Crippen molar-refractivity contribution in [3.8, 4) is 0 Å². The molecular weight excluding hydrogens is 414 g/mol. The van der Waals surface area contributed by atoms with Crippen LogP contribution in [0.2, 0.25) is 0 Å². The highest BCUT2D eigenvalue weighted by molar-refractivity contribution is 7.89. The van der Waals surface area contributed by atoms with E-state index in [1.165, 1.54) is 12.1 Å². The Morgan fingerprint density at radius 3 is 2.74 bits per heavy atom. The minimum atomic E-state index is -3.75. The molecule has 0 fully saturated rings. The van der Waals surface area contributed by atoms with Gasteiger partial charge in [0.05, 0.1) is 10.4 Å². The molecule has 4 aromatic rings. The van der Waals surface area contributed by atoms with Crippen LogP contribution in [0.15, 0.2) is 59.6 Å². The lowest BCUT2D eigenvalue weighted by atomic mass is 10.2. The predicted octanol–water partition coefficient (Wildman–Crippen LogP) is 2.70. The Morgan fingerprint density at radius 2 is 1.97 bits per heavy atom. The number of sulfonamides is 1. The average molecular weight is 438 g/mol. The fraction of sp³-hybridized carbons (Fsp3) is 0.190. The molecule has 0 unspecified atom stereocenters. The Kier molecular flexibility index (Phi) is 5.34. The monoisotopic (exact) mass is 437 g/mol. The lowest BCUT2D eigenvalue weighted by Gasteiger charge is -2.19.